The molecule has 0 radical (unpaired) electrons. The Bertz CT molecular complexity index is 1310. The van der Waals surface area contributed by atoms with Crippen LogP contribution in [0.15, 0.2) is 86.6 Å². The third kappa shape index (κ3) is 3.70. The van der Waals surface area contributed by atoms with Crippen molar-refractivity contribution in [2.45, 2.75) is 11.8 Å². The fourth-order valence-electron chi connectivity index (χ4n) is 3.46. The van der Waals surface area contributed by atoms with Gasteiger partial charge in [-0.1, -0.05) is 41.6 Å². The van der Waals surface area contributed by atoms with Crippen LogP contribution in [0.4, 0.5) is 21.5 Å². The fourth-order valence-corrected chi connectivity index (χ4v) is 5.98. The zero-order chi connectivity index (χ0) is 22.4. The van der Waals surface area contributed by atoms with Crippen LogP contribution >= 0.6 is 35.1 Å². The lowest BCUT2D eigenvalue weighted by Crippen LogP contribution is -2.29. The first-order valence-electron chi connectivity index (χ1n) is 9.80. The number of carbonyl (C=O) groups excluding carboxylic acids is 1. The van der Waals surface area contributed by atoms with E-state index in [1.54, 1.807) is 30.0 Å². The molecule has 1 saturated heterocycles. The van der Waals surface area contributed by atoms with Gasteiger partial charge in [-0.2, -0.15) is 0 Å². The summed E-state index contributed by atoms with van der Waals surface area (Å²) in [5.74, 6) is -0.558. The molecule has 0 atom stereocenters. The highest BCUT2D eigenvalue weighted by molar-refractivity contribution is 8.20. The molecule has 0 aromatic heterocycles. The number of rotatable bonds is 2. The minimum atomic E-state index is -0.364. The van der Waals surface area contributed by atoms with Crippen molar-refractivity contribution in [3.8, 4) is 0 Å². The lowest BCUT2D eigenvalue weighted by molar-refractivity contribution is -0.113. The lowest BCUT2D eigenvalue weighted by atomic mass is 10.2. The minimum absolute atomic E-state index is 0.194. The number of aryl methyl sites for hydroxylation is 1. The summed E-state index contributed by atoms with van der Waals surface area (Å²) in [4.78, 5) is 23.6. The summed E-state index contributed by atoms with van der Waals surface area (Å²) in [7, 11) is 1.95. The molecule has 0 aliphatic carbocycles. The molecule has 1 amide bonds. The van der Waals surface area contributed by atoms with Crippen molar-refractivity contribution >= 4 is 63.3 Å². The number of amidine groups is 1. The van der Waals surface area contributed by atoms with E-state index < -0.39 is 0 Å². The molecule has 3 aromatic rings. The van der Waals surface area contributed by atoms with Crippen molar-refractivity contribution < 1.29 is 9.18 Å². The topological polar surface area (TPSA) is 35.9 Å². The van der Waals surface area contributed by atoms with Gasteiger partial charge < -0.3 is 4.90 Å². The highest BCUT2D eigenvalue weighted by Crippen LogP contribution is 2.50. The lowest BCUT2D eigenvalue weighted by Gasteiger charge is -2.16. The van der Waals surface area contributed by atoms with E-state index in [1.165, 1.54) is 28.8 Å². The highest BCUT2D eigenvalue weighted by atomic mass is 35.5. The number of nitrogens with zero attached hydrogens (tertiary/aromatic N) is 3. The van der Waals surface area contributed by atoms with Crippen LogP contribution in [0.3, 0.4) is 0 Å². The fraction of sp³-hybridized carbons (Fsp3) is 0.0833. The third-order valence-electron chi connectivity index (χ3n) is 5.18. The molecular weight excluding hydrogens is 465 g/mol. The van der Waals surface area contributed by atoms with Crippen LogP contribution in [0.5, 0.6) is 0 Å². The number of aliphatic imine (C=N–C) groups is 1. The maximum atomic E-state index is 13.6. The number of fused-ring (bicyclic) bond motifs is 1. The van der Waals surface area contributed by atoms with Gasteiger partial charge in [0, 0.05) is 17.0 Å². The standard InChI is InChI=1S/C24H17ClFN3OS2/c1-14-7-10-16(13-18(14)25)27-24-29(17-11-8-15(26)9-12-17)22(30)21(32-24)23-28(2)19-5-3-4-6-20(19)31-23/h3-13H,1-2H3/b23-21-,27-24?. The largest absolute Gasteiger partial charge is 0.337 e. The molecule has 2 aliphatic rings. The Morgan fingerprint density at radius 3 is 2.47 bits per heavy atom. The second kappa shape index (κ2) is 8.31. The second-order valence-corrected chi connectivity index (χ2v) is 9.73. The van der Waals surface area contributed by atoms with Gasteiger partial charge in [-0.3, -0.25) is 9.69 Å². The Morgan fingerprint density at radius 2 is 1.75 bits per heavy atom. The Hall–Kier alpha value is -2.74. The van der Waals surface area contributed by atoms with Crippen LogP contribution in [0.25, 0.3) is 0 Å². The van der Waals surface area contributed by atoms with Crippen LogP contribution in [0.2, 0.25) is 5.02 Å². The predicted molar refractivity (Wildman–Crippen MR) is 132 cm³/mol. The van der Waals surface area contributed by atoms with E-state index in [4.69, 9.17) is 16.6 Å². The van der Waals surface area contributed by atoms with Gasteiger partial charge in [0.25, 0.3) is 5.91 Å². The molecule has 8 heteroatoms. The Balaban J connectivity index is 1.62. The van der Waals surface area contributed by atoms with E-state index in [0.29, 0.717) is 26.5 Å². The molecule has 0 unspecified atom stereocenters. The number of hydrogen-bond acceptors (Lipinski definition) is 5. The van der Waals surface area contributed by atoms with Crippen molar-refractivity contribution in [2.24, 2.45) is 4.99 Å². The van der Waals surface area contributed by atoms with Crippen LogP contribution in [0, 0.1) is 12.7 Å². The number of thioether (sulfide) groups is 2. The van der Waals surface area contributed by atoms with Crippen molar-refractivity contribution in [3.63, 3.8) is 0 Å². The van der Waals surface area contributed by atoms with Gasteiger partial charge in [-0.25, -0.2) is 9.38 Å². The summed E-state index contributed by atoms with van der Waals surface area (Å²) in [6.07, 6.45) is 0. The van der Waals surface area contributed by atoms with E-state index in [1.807, 2.05) is 55.3 Å². The molecule has 0 bridgehead atoms. The van der Waals surface area contributed by atoms with Gasteiger partial charge in [0.1, 0.15) is 10.7 Å². The average molecular weight is 482 g/mol. The van der Waals surface area contributed by atoms with E-state index in [0.717, 1.165) is 21.2 Å². The van der Waals surface area contributed by atoms with Gasteiger partial charge >= 0.3 is 0 Å². The van der Waals surface area contributed by atoms with Gasteiger partial charge in [0.05, 0.1) is 22.1 Å². The molecule has 2 heterocycles. The number of halogens is 2. The first kappa shape index (κ1) is 21.1. The molecule has 0 spiro atoms. The zero-order valence-electron chi connectivity index (χ0n) is 17.2. The smallest absolute Gasteiger partial charge is 0.274 e. The Morgan fingerprint density at radius 1 is 1.00 bits per heavy atom. The minimum Gasteiger partial charge on any atom is -0.337 e. The number of amides is 1. The summed E-state index contributed by atoms with van der Waals surface area (Å²) in [5, 5.41) is 1.95. The van der Waals surface area contributed by atoms with Crippen LogP contribution in [-0.2, 0) is 4.79 Å². The zero-order valence-corrected chi connectivity index (χ0v) is 19.6. The van der Waals surface area contributed by atoms with Crippen LogP contribution < -0.4 is 9.80 Å². The normalized spacial score (nSPS) is 19.2. The third-order valence-corrected chi connectivity index (χ3v) is 7.98. The molecule has 32 heavy (non-hydrogen) atoms. The van der Waals surface area contributed by atoms with Crippen LogP contribution in [-0.4, -0.2) is 18.1 Å². The van der Waals surface area contributed by atoms with Crippen molar-refractivity contribution in [3.05, 3.63) is 93.1 Å². The van der Waals surface area contributed by atoms with Crippen molar-refractivity contribution in [2.75, 3.05) is 16.8 Å². The number of para-hydroxylation sites is 1. The summed E-state index contributed by atoms with van der Waals surface area (Å²) in [5.41, 5.74) is 3.20. The number of hydrogen-bond donors (Lipinski definition) is 0. The van der Waals surface area contributed by atoms with Gasteiger partial charge in [-0.05, 0) is 72.8 Å². The number of benzene rings is 3. The van der Waals surface area contributed by atoms with Crippen molar-refractivity contribution in [1.82, 2.24) is 0 Å². The monoisotopic (exact) mass is 481 g/mol. The van der Waals surface area contributed by atoms with E-state index >= 15 is 0 Å². The average Bonchev–Trinajstić information content (AvgIpc) is 3.28. The molecule has 160 valence electrons. The van der Waals surface area contributed by atoms with Crippen LogP contribution in [0.1, 0.15) is 5.56 Å². The van der Waals surface area contributed by atoms with Crippen molar-refractivity contribution in [1.29, 1.82) is 0 Å². The maximum Gasteiger partial charge on any atom is 0.274 e. The first-order chi connectivity index (χ1) is 15.4. The maximum absolute atomic E-state index is 13.6. The number of carbonyl (C=O) groups is 1. The first-order valence-corrected chi connectivity index (χ1v) is 11.8. The summed E-state index contributed by atoms with van der Waals surface area (Å²) >= 11 is 9.15. The van der Waals surface area contributed by atoms with E-state index in [9.17, 15) is 9.18 Å². The second-order valence-electron chi connectivity index (χ2n) is 7.31. The highest BCUT2D eigenvalue weighted by Gasteiger charge is 2.40. The summed E-state index contributed by atoms with van der Waals surface area (Å²) in [6.45, 7) is 1.92. The molecular formula is C24H17ClFN3OS2. The molecule has 0 saturated carbocycles. The molecule has 2 aliphatic heterocycles. The summed E-state index contributed by atoms with van der Waals surface area (Å²) < 4.78 is 13.5. The molecule has 1 fully saturated rings. The molecule has 3 aromatic carbocycles. The molecule has 5 rings (SSSR count). The van der Waals surface area contributed by atoms with Gasteiger partial charge in [0.15, 0.2) is 5.17 Å². The summed E-state index contributed by atoms with van der Waals surface area (Å²) in [6, 6.07) is 19.4. The molecule has 4 nitrogen and oxygen atoms in total. The Labute approximate surface area is 198 Å². The van der Waals surface area contributed by atoms with Gasteiger partial charge in [0.2, 0.25) is 0 Å². The predicted octanol–water partition coefficient (Wildman–Crippen LogP) is 6.97. The van der Waals surface area contributed by atoms with E-state index in [-0.39, 0.29) is 11.7 Å². The SMILES string of the molecule is Cc1ccc(N=C2S/C(=C3\Sc4ccccc4N3C)C(=O)N2c2ccc(F)cc2)cc1Cl. The Kier molecular flexibility index (Phi) is 5.49. The van der Waals surface area contributed by atoms with Gasteiger partial charge in [-0.15, -0.1) is 0 Å². The quantitative estimate of drug-likeness (QED) is 0.370. The van der Waals surface area contributed by atoms with E-state index in [2.05, 4.69) is 0 Å². The number of anilines is 2. The molecule has 0 N–H and O–H groups in total.